The van der Waals surface area contributed by atoms with Crippen molar-refractivity contribution in [1.29, 1.82) is 0 Å². The van der Waals surface area contributed by atoms with Gasteiger partial charge in [0.1, 0.15) is 17.2 Å². The number of carbonyl (C=O) groups is 1. The second-order valence-corrected chi connectivity index (χ2v) is 13.8. The monoisotopic (exact) mass is 762 g/mol. The fourth-order valence-electron chi connectivity index (χ4n) is 7.58. The molecule has 0 unspecified atom stereocenters. The maximum atomic E-state index is 12.4. The maximum absolute atomic E-state index is 12.4. The molecule has 7 aromatic rings. The number of hydrogen-bond donors (Lipinski definition) is 2. The van der Waals surface area contributed by atoms with Gasteiger partial charge < -0.3 is 28.9 Å². The average molecular weight is 763 g/mol. The lowest BCUT2D eigenvalue weighted by molar-refractivity contribution is 0.0600. The van der Waals surface area contributed by atoms with E-state index >= 15 is 0 Å². The molecule has 0 spiro atoms. The number of methoxy groups -OCH3 is 4. The summed E-state index contributed by atoms with van der Waals surface area (Å²) in [6.07, 6.45) is 8.23. The van der Waals surface area contributed by atoms with E-state index in [4.69, 9.17) is 28.9 Å². The third-order valence-corrected chi connectivity index (χ3v) is 10.5. The number of hydrogen-bond acceptors (Lipinski definition) is 7. The predicted molar refractivity (Wildman–Crippen MR) is 232 cm³/mol. The zero-order chi connectivity index (χ0) is 39.8. The van der Waals surface area contributed by atoms with Crippen molar-refractivity contribution in [3.63, 3.8) is 0 Å². The Morgan fingerprint density at radius 2 is 0.672 bits per heavy atom. The van der Waals surface area contributed by atoms with Crippen LogP contribution in [0.3, 0.4) is 0 Å². The number of fused-ring (bicyclic) bond motifs is 8. The fraction of sp³-hybridized carbons (Fsp3) is 0.0816. The van der Waals surface area contributed by atoms with Gasteiger partial charge >= 0.3 is 5.97 Å². The predicted octanol–water partition coefficient (Wildman–Crippen LogP) is 11.1. The van der Waals surface area contributed by atoms with Crippen LogP contribution in [0.1, 0.15) is 33.1 Å². The van der Waals surface area contributed by atoms with E-state index in [0.717, 1.165) is 107 Å². The van der Waals surface area contributed by atoms with Crippen LogP contribution in [0.15, 0.2) is 121 Å². The second-order valence-electron chi connectivity index (χ2n) is 13.8. The van der Waals surface area contributed by atoms with Crippen molar-refractivity contribution in [1.82, 2.24) is 19.9 Å². The van der Waals surface area contributed by atoms with E-state index in [2.05, 4.69) is 58.5 Å². The molecule has 9 rings (SSSR count). The lowest BCUT2D eigenvalue weighted by Crippen LogP contribution is -2.00. The van der Waals surface area contributed by atoms with Crippen molar-refractivity contribution in [3.05, 3.63) is 150 Å². The summed E-state index contributed by atoms with van der Waals surface area (Å²) in [7, 11) is 6.37. The molecule has 3 aromatic heterocycles. The van der Waals surface area contributed by atoms with E-state index in [9.17, 15) is 4.79 Å². The van der Waals surface area contributed by atoms with Gasteiger partial charge in [0.15, 0.2) is 0 Å². The summed E-state index contributed by atoms with van der Waals surface area (Å²) in [6.45, 7) is 0. The molecule has 58 heavy (non-hydrogen) atoms. The molecule has 9 heteroatoms. The summed E-state index contributed by atoms with van der Waals surface area (Å²) in [5.74, 6) is 1.88. The third kappa shape index (κ3) is 6.58. The van der Waals surface area contributed by atoms with E-state index in [1.807, 2.05) is 84.9 Å². The highest BCUT2D eigenvalue weighted by Gasteiger charge is 2.19. The van der Waals surface area contributed by atoms with Crippen LogP contribution in [-0.4, -0.2) is 54.3 Å². The van der Waals surface area contributed by atoms with Gasteiger partial charge in [0, 0.05) is 44.3 Å². The summed E-state index contributed by atoms with van der Waals surface area (Å²) in [4.78, 5) is 30.7. The van der Waals surface area contributed by atoms with Gasteiger partial charge in [0.2, 0.25) is 0 Å². The maximum Gasteiger partial charge on any atom is 0.337 e. The number of carbonyl (C=O) groups excluding carboxylic acids is 1. The van der Waals surface area contributed by atoms with Crippen LogP contribution in [0.2, 0.25) is 0 Å². The molecule has 5 heterocycles. The first-order chi connectivity index (χ1) is 28.4. The van der Waals surface area contributed by atoms with Gasteiger partial charge in [-0.3, -0.25) is 0 Å². The van der Waals surface area contributed by atoms with Crippen LogP contribution in [0.25, 0.3) is 90.9 Å². The molecule has 8 bridgehead atoms. The minimum Gasteiger partial charge on any atom is -0.497 e. The number of ether oxygens (including phenoxy) is 4. The van der Waals surface area contributed by atoms with Crippen LogP contribution in [0.4, 0.5) is 0 Å². The van der Waals surface area contributed by atoms with Crippen LogP contribution < -0.4 is 14.2 Å². The highest BCUT2D eigenvalue weighted by atomic mass is 16.5. The highest BCUT2D eigenvalue weighted by Crippen LogP contribution is 2.39. The van der Waals surface area contributed by atoms with Crippen molar-refractivity contribution in [2.45, 2.75) is 0 Å². The Balaban J connectivity index is 1.42. The van der Waals surface area contributed by atoms with Gasteiger partial charge in [0.05, 0.1) is 56.8 Å². The molecule has 0 atom stereocenters. The van der Waals surface area contributed by atoms with E-state index in [1.54, 1.807) is 33.5 Å². The normalized spacial score (nSPS) is 11.7. The standard InChI is InChI=1S/C49H38N4O5/c1-55-34-15-9-30(10-16-34)46-39-23-21-37(50-39)45(29-5-7-33(8-6-29)49(54)58-4)38-22-24-40(51-38)47(31-11-17-35(56-2)18-12-31)42-26-28-44(53-42)48(43-27-25-41(46)52-43)32-13-19-36(57-3)20-14-32/h5-28,50,53H,1-4H3. The average Bonchev–Trinajstić information content (AvgIpc) is 4.12. The Hall–Kier alpha value is -7.65. The molecular formula is C49H38N4O5. The molecule has 284 valence electrons. The van der Waals surface area contributed by atoms with Crippen LogP contribution in [-0.2, 0) is 4.74 Å². The SMILES string of the molecule is COC(=O)c1ccc(-c2c3nc(c(-c4ccc(OC)cc4)c4ccc([nH]4)c(-c4ccc(OC)cc4)c4nc(c(-c5ccc(OC)cc5)c5ccc2[nH]5)C=C4)C=C3)cc1. The quantitative estimate of drug-likeness (QED) is 0.148. The van der Waals surface area contributed by atoms with Crippen molar-refractivity contribution < 1.29 is 23.7 Å². The van der Waals surface area contributed by atoms with E-state index in [1.165, 1.54) is 7.11 Å². The summed E-state index contributed by atoms with van der Waals surface area (Å²) < 4.78 is 21.6. The molecule has 0 amide bonds. The number of aromatic nitrogens is 4. The smallest absolute Gasteiger partial charge is 0.337 e. The number of benzene rings is 4. The molecule has 2 aliphatic rings. The fourth-order valence-corrected chi connectivity index (χ4v) is 7.58. The minimum absolute atomic E-state index is 0.401. The van der Waals surface area contributed by atoms with Crippen molar-refractivity contribution in [2.75, 3.05) is 28.4 Å². The first-order valence-corrected chi connectivity index (χ1v) is 18.7. The molecule has 0 radical (unpaired) electrons. The first-order valence-electron chi connectivity index (χ1n) is 18.7. The third-order valence-electron chi connectivity index (χ3n) is 10.5. The van der Waals surface area contributed by atoms with Crippen molar-refractivity contribution >= 4 is 52.3 Å². The van der Waals surface area contributed by atoms with Crippen LogP contribution >= 0.6 is 0 Å². The van der Waals surface area contributed by atoms with Gasteiger partial charge in [-0.05, 0) is 119 Å². The Labute approximate surface area is 334 Å². The summed E-state index contributed by atoms with van der Waals surface area (Å²) in [6, 6.07) is 39.8. The van der Waals surface area contributed by atoms with Gasteiger partial charge in [-0.1, -0.05) is 48.5 Å². The number of H-pyrrole nitrogens is 2. The van der Waals surface area contributed by atoms with Gasteiger partial charge in [-0.2, -0.15) is 0 Å². The molecule has 0 saturated carbocycles. The number of esters is 1. The topological polar surface area (TPSA) is 111 Å². The van der Waals surface area contributed by atoms with Crippen LogP contribution in [0, 0.1) is 0 Å². The van der Waals surface area contributed by atoms with E-state index in [0.29, 0.717) is 5.56 Å². The molecule has 0 fully saturated rings. The number of nitrogens with one attached hydrogen (secondary N) is 2. The second kappa shape index (κ2) is 15.1. The zero-order valence-electron chi connectivity index (χ0n) is 32.3. The molecular weight excluding hydrogens is 725 g/mol. The van der Waals surface area contributed by atoms with E-state index in [-0.39, 0.29) is 0 Å². The van der Waals surface area contributed by atoms with Gasteiger partial charge in [0.25, 0.3) is 0 Å². The van der Waals surface area contributed by atoms with Gasteiger partial charge in [-0.25, -0.2) is 14.8 Å². The number of aromatic amines is 2. The molecule has 4 aromatic carbocycles. The molecule has 2 aliphatic heterocycles. The van der Waals surface area contributed by atoms with Gasteiger partial charge in [-0.15, -0.1) is 0 Å². The molecule has 9 nitrogen and oxygen atoms in total. The lowest BCUT2D eigenvalue weighted by Gasteiger charge is -2.08. The molecule has 0 aliphatic carbocycles. The number of nitrogens with zero attached hydrogens (tertiary/aromatic N) is 2. The Morgan fingerprint density at radius 3 is 0.931 bits per heavy atom. The summed E-state index contributed by atoms with van der Waals surface area (Å²) in [5, 5.41) is 0. The molecule has 0 saturated heterocycles. The lowest BCUT2D eigenvalue weighted by atomic mass is 10.0. The largest absolute Gasteiger partial charge is 0.497 e. The van der Waals surface area contributed by atoms with Crippen molar-refractivity contribution in [2.24, 2.45) is 0 Å². The van der Waals surface area contributed by atoms with E-state index < -0.39 is 5.97 Å². The van der Waals surface area contributed by atoms with Crippen molar-refractivity contribution in [3.8, 4) is 61.8 Å². The summed E-state index contributed by atoms with van der Waals surface area (Å²) >= 11 is 0. The Bertz CT molecular complexity index is 2880. The highest BCUT2D eigenvalue weighted by molar-refractivity contribution is 6.00. The minimum atomic E-state index is -0.401. The Morgan fingerprint density at radius 1 is 0.397 bits per heavy atom. The Kier molecular flexibility index (Phi) is 9.39. The zero-order valence-corrected chi connectivity index (χ0v) is 32.3. The first kappa shape index (κ1) is 36.0. The summed E-state index contributed by atoms with van der Waals surface area (Å²) in [5.41, 5.74) is 14.5. The van der Waals surface area contributed by atoms with Crippen LogP contribution in [0.5, 0.6) is 17.2 Å². The number of rotatable bonds is 8. The molecule has 2 N–H and O–H groups in total.